The minimum Gasteiger partial charge on any atom is -0.375 e. The fourth-order valence-electron chi connectivity index (χ4n) is 1.43. The molecule has 0 saturated carbocycles. The van der Waals surface area contributed by atoms with Crippen LogP contribution in [0.1, 0.15) is 13.3 Å². The lowest BCUT2D eigenvalue weighted by Gasteiger charge is -2.12. The van der Waals surface area contributed by atoms with E-state index in [0.717, 1.165) is 0 Å². The molecule has 1 amide bonds. The summed E-state index contributed by atoms with van der Waals surface area (Å²) in [6, 6.07) is 6.49. The van der Waals surface area contributed by atoms with Crippen LogP contribution in [0, 0.1) is 0 Å². The summed E-state index contributed by atoms with van der Waals surface area (Å²) < 4.78 is 26.6. The summed E-state index contributed by atoms with van der Waals surface area (Å²) >= 11 is 0. The molecule has 0 radical (unpaired) electrons. The third kappa shape index (κ3) is 4.53. The van der Waals surface area contributed by atoms with Gasteiger partial charge >= 0.3 is 0 Å². The molecule has 0 saturated heterocycles. The highest BCUT2D eigenvalue weighted by molar-refractivity contribution is 7.89. The Morgan fingerprint density at radius 1 is 1.26 bits per heavy atom. The van der Waals surface area contributed by atoms with Crippen molar-refractivity contribution >= 4 is 21.6 Å². The van der Waals surface area contributed by atoms with E-state index in [2.05, 4.69) is 15.4 Å². The van der Waals surface area contributed by atoms with Gasteiger partial charge < -0.3 is 10.6 Å². The van der Waals surface area contributed by atoms with Gasteiger partial charge in [0.2, 0.25) is 15.9 Å². The molecule has 0 spiro atoms. The van der Waals surface area contributed by atoms with Gasteiger partial charge in [0.25, 0.3) is 0 Å². The van der Waals surface area contributed by atoms with Gasteiger partial charge in [-0.05, 0) is 18.6 Å². The van der Waals surface area contributed by atoms with E-state index >= 15 is 0 Å². The zero-order valence-electron chi connectivity index (χ0n) is 11.1. The lowest BCUT2D eigenvalue weighted by Crippen LogP contribution is -2.28. The molecule has 3 N–H and O–H groups in total. The van der Waals surface area contributed by atoms with Gasteiger partial charge in [-0.3, -0.25) is 4.79 Å². The number of para-hydroxylation sites is 1. The maximum absolute atomic E-state index is 12.1. The Hall–Kier alpha value is -1.60. The lowest BCUT2D eigenvalue weighted by atomic mass is 10.3. The van der Waals surface area contributed by atoms with Crippen LogP contribution >= 0.6 is 0 Å². The number of rotatable bonds is 7. The summed E-state index contributed by atoms with van der Waals surface area (Å²) in [5, 5.41) is 5.28. The predicted octanol–water partition coefficient (Wildman–Crippen LogP) is 0.533. The lowest BCUT2D eigenvalue weighted by molar-refractivity contribution is -0.118. The van der Waals surface area contributed by atoms with Crippen molar-refractivity contribution in [1.29, 1.82) is 0 Å². The first-order valence-corrected chi connectivity index (χ1v) is 7.52. The second-order valence-electron chi connectivity index (χ2n) is 3.92. The molecule has 0 aromatic heterocycles. The van der Waals surface area contributed by atoms with Crippen molar-refractivity contribution in [3.8, 4) is 0 Å². The Balaban J connectivity index is 2.92. The molecule has 0 bridgehead atoms. The maximum Gasteiger partial charge on any atom is 0.242 e. The molecule has 1 aromatic carbocycles. The number of hydrogen-bond donors (Lipinski definition) is 3. The van der Waals surface area contributed by atoms with E-state index in [0.29, 0.717) is 18.7 Å². The Kier molecular flexibility index (Phi) is 5.78. The molecule has 7 heteroatoms. The molecule has 0 unspecified atom stereocenters. The van der Waals surface area contributed by atoms with Gasteiger partial charge in [-0.2, -0.15) is 0 Å². The Morgan fingerprint density at radius 2 is 1.95 bits per heavy atom. The van der Waals surface area contributed by atoms with E-state index in [9.17, 15) is 13.2 Å². The standard InChI is InChI=1S/C12H19N3O3S/c1-3-8-15-19(17,18)11-7-5-4-6-10(11)14-9-12(16)13-2/h4-7,14-15H,3,8-9H2,1-2H3,(H,13,16). The molecule has 0 heterocycles. The van der Waals surface area contributed by atoms with Crippen molar-refractivity contribution in [3.05, 3.63) is 24.3 Å². The fourth-order valence-corrected chi connectivity index (χ4v) is 2.74. The smallest absolute Gasteiger partial charge is 0.242 e. The summed E-state index contributed by atoms with van der Waals surface area (Å²) in [5.74, 6) is -0.214. The number of sulfonamides is 1. The van der Waals surface area contributed by atoms with Crippen molar-refractivity contribution in [1.82, 2.24) is 10.0 Å². The molecule has 0 aliphatic heterocycles. The van der Waals surface area contributed by atoms with Crippen LogP contribution in [0.4, 0.5) is 5.69 Å². The molecular weight excluding hydrogens is 266 g/mol. The quantitative estimate of drug-likeness (QED) is 0.682. The molecular formula is C12H19N3O3S. The van der Waals surface area contributed by atoms with Crippen molar-refractivity contribution in [3.63, 3.8) is 0 Å². The first-order valence-electron chi connectivity index (χ1n) is 6.04. The minimum atomic E-state index is -3.55. The van der Waals surface area contributed by atoms with E-state index in [1.807, 2.05) is 6.92 Å². The van der Waals surface area contributed by atoms with Crippen molar-refractivity contribution in [2.75, 3.05) is 25.5 Å². The van der Waals surface area contributed by atoms with Gasteiger partial charge in [0.05, 0.1) is 12.2 Å². The van der Waals surface area contributed by atoms with Crippen LogP contribution < -0.4 is 15.4 Å². The normalized spacial score (nSPS) is 11.1. The number of likely N-dealkylation sites (N-methyl/N-ethyl adjacent to an activating group) is 1. The number of carbonyl (C=O) groups is 1. The first kappa shape index (κ1) is 15.5. The van der Waals surface area contributed by atoms with E-state index in [-0.39, 0.29) is 17.3 Å². The number of anilines is 1. The highest BCUT2D eigenvalue weighted by Gasteiger charge is 2.17. The molecule has 0 aliphatic rings. The summed E-state index contributed by atoms with van der Waals surface area (Å²) in [6.07, 6.45) is 0.715. The summed E-state index contributed by atoms with van der Waals surface area (Å²) in [5.41, 5.74) is 0.412. The van der Waals surface area contributed by atoms with Crippen LogP contribution in [0.3, 0.4) is 0 Å². The zero-order chi connectivity index (χ0) is 14.3. The van der Waals surface area contributed by atoms with E-state index < -0.39 is 10.0 Å². The van der Waals surface area contributed by atoms with Crippen molar-refractivity contribution in [2.45, 2.75) is 18.2 Å². The van der Waals surface area contributed by atoms with Crippen LogP contribution in [0.25, 0.3) is 0 Å². The molecule has 0 atom stereocenters. The third-order valence-corrected chi connectivity index (χ3v) is 3.96. The average molecular weight is 285 g/mol. The minimum absolute atomic E-state index is 0.0246. The summed E-state index contributed by atoms with van der Waals surface area (Å²) in [7, 11) is -2.03. The maximum atomic E-state index is 12.1. The summed E-state index contributed by atoms with van der Waals surface area (Å²) in [6.45, 7) is 2.29. The van der Waals surface area contributed by atoms with Crippen LogP contribution in [0.2, 0.25) is 0 Å². The number of carbonyl (C=O) groups excluding carboxylic acids is 1. The molecule has 1 aromatic rings. The Bertz CT molecular complexity index is 529. The Labute approximate surface area is 113 Å². The summed E-state index contributed by atoms with van der Waals surface area (Å²) in [4.78, 5) is 11.3. The van der Waals surface area contributed by atoms with Crippen LogP contribution in [-0.4, -0.2) is 34.5 Å². The molecule has 0 fully saturated rings. The van der Waals surface area contributed by atoms with Crippen LogP contribution in [0.15, 0.2) is 29.2 Å². The number of benzene rings is 1. The van der Waals surface area contributed by atoms with Gasteiger partial charge in [0.15, 0.2) is 0 Å². The molecule has 6 nitrogen and oxygen atoms in total. The second kappa shape index (κ2) is 7.10. The topological polar surface area (TPSA) is 87.3 Å². The van der Waals surface area contributed by atoms with Gasteiger partial charge in [0.1, 0.15) is 4.90 Å². The number of nitrogens with one attached hydrogen (secondary N) is 3. The van der Waals surface area contributed by atoms with Gasteiger partial charge in [-0.15, -0.1) is 0 Å². The van der Waals surface area contributed by atoms with Crippen molar-refractivity contribution < 1.29 is 13.2 Å². The average Bonchev–Trinajstić information content (AvgIpc) is 2.42. The highest BCUT2D eigenvalue weighted by Crippen LogP contribution is 2.20. The predicted molar refractivity (Wildman–Crippen MR) is 74.5 cm³/mol. The molecule has 0 aliphatic carbocycles. The number of amides is 1. The van der Waals surface area contributed by atoms with Gasteiger partial charge in [-0.25, -0.2) is 13.1 Å². The zero-order valence-corrected chi connectivity index (χ0v) is 11.9. The van der Waals surface area contributed by atoms with E-state index in [1.54, 1.807) is 18.2 Å². The third-order valence-electron chi connectivity index (χ3n) is 2.44. The van der Waals surface area contributed by atoms with E-state index in [1.165, 1.54) is 13.1 Å². The SMILES string of the molecule is CCCNS(=O)(=O)c1ccccc1NCC(=O)NC. The van der Waals surface area contributed by atoms with Gasteiger partial charge in [0, 0.05) is 13.6 Å². The fraction of sp³-hybridized carbons (Fsp3) is 0.417. The number of hydrogen-bond acceptors (Lipinski definition) is 4. The molecule has 106 valence electrons. The van der Waals surface area contributed by atoms with Gasteiger partial charge in [-0.1, -0.05) is 19.1 Å². The molecule has 1 rings (SSSR count). The largest absolute Gasteiger partial charge is 0.375 e. The Morgan fingerprint density at radius 3 is 2.58 bits per heavy atom. The van der Waals surface area contributed by atoms with Crippen molar-refractivity contribution in [2.24, 2.45) is 0 Å². The van der Waals surface area contributed by atoms with E-state index in [4.69, 9.17) is 0 Å². The second-order valence-corrected chi connectivity index (χ2v) is 5.66. The molecule has 19 heavy (non-hydrogen) atoms. The highest BCUT2D eigenvalue weighted by atomic mass is 32.2. The first-order chi connectivity index (χ1) is 9.01. The monoisotopic (exact) mass is 285 g/mol. The van der Waals surface area contributed by atoms with Crippen LogP contribution in [-0.2, 0) is 14.8 Å². The van der Waals surface area contributed by atoms with Crippen LogP contribution in [0.5, 0.6) is 0 Å².